The van der Waals surface area contributed by atoms with Gasteiger partial charge < -0.3 is 25.8 Å². The quantitative estimate of drug-likeness (QED) is 0.122. The zero-order chi connectivity index (χ0) is 36.1. The Balaban J connectivity index is 1.44. The van der Waals surface area contributed by atoms with Gasteiger partial charge in [-0.2, -0.15) is 0 Å². The summed E-state index contributed by atoms with van der Waals surface area (Å²) in [6.07, 6.45) is -0.944. The molecule has 1 unspecified atom stereocenters. The molecule has 50 heavy (non-hydrogen) atoms. The highest BCUT2D eigenvalue weighted by Gasteiger charge is 2.37. The topological polar surface area (TPSA) is 223 Å². The number of non-ortho nitro benzene ring substituents is 2. The van der Waals surface area contributed by atoms with E-state index in [1.807, 2.05) is 0 Å². The molecule has 4 N–H and O–H groups in total. The van der Waals surface area contributed by atoms with E-state index < -0.39 is 33.7 Å². The van der Waals surface area contributed by atoms with Crippen molar-refractivity contribution in [3.63, 3.8) is 0 Å². The molecule has 16 heteroatoms. The van der Waals surface area contributed by atoms with Crippen molar-refractivity contribution in [1.29, 1.82) is 0 Å². The van der Waals surface area contributed by atoms with Crippen LogP contribution in [-0.2, 0) is 19.2 Å². The molecule has 258 valence electrons. The molecule has 4 amide bonds. The van der Waals surface area contributed by atoms with E-state index in [4.69, 9.17) is 4.74 Å². The molecule has 0 spiro atoms. The average molecular weight is 685 g/mol. The lowest BCUT2D eigenvalue weighted by Gasteiger charge is -2.31. The number of amides is 4. The Kier molecular flexibility index (Phi) is 10.3. The van der Waals surface area contributed by atoms with Gasteiger partial charge in [0, 0.05) is 76.9 Å². The summed E-state index contributed by atoms with van der Waals surface area (Å²) in [6, 6.07) is 17.1. The number of nitrogens with one attached hydrogen (secondary N) is 3. The molecule has 0 bridgehead atoms. The number of hydrogen-bond acceptors (Lipinski definition) is 11. The number of dihydropyridines is 1. The fourth-order valence-corrected chi connectivity index (χ4v) is 5.76. The summed E-state index contributed by atoms with van der Waals surface area (Å²) in [5, 5.41) is 41.5. The minimum Gasteiger partial charge on any atom is -0.491 e. The molecule has 1 saturated heterocycles. The molecule has 0 aliphatic carbocycles. The van der Waals surface area contributed by atoms with Gasteiger partial charge in [-0.1, -0.05) is 24.3 Å². The van der Waals surface area contributed by atoms with Crippen molar-refractivity contribution in [1.82, 2.24) is 10.2 Å². The zero-order valence-corrected chi connectivity index (χ0v) is 26.9. The summed E-state index contributed by atoms with van der Waals surface area (Å²) < 4.78 is 5.70. The number of nitro benzene ring substituents is 2. The summed E-state index contributed by atoms with van der Waals surface area (Å²) in [6.45, 7) is 2.85. The highest BCUT2D eigenvalue weighted by Crippen LogP contribution is 2.40. The minimum atomic E-state index is -1.14. The van der Waals surface area contributed by atoms with Gasteiger partial charge in [-0.05, 0) is 43.7 Å². The minimum absolute atomic E-state index is 0.100. The number of hydrogen-bond donors (Lipinski definition) is 4. The number of nitrogens with zero attached hydrogens (tertiary/aromatic N) is 3. The second kappa shape index (κ2) is 14.8. The lowest BCUT2D eigenvalue weighted by molar-refractivity contribution is -0.385. The summed E-state index contributed by atoms with van der Waals surface area (Å²) in [5.41, 5.74) is 1.34. The molecule has 2 aliphatic heterocycles. The van der Waals surface area contributed by atoms with Crippen molar-refractivity contribution < 1.29 is 38.9 Å². The van der Waals surface area contributed by atoms with Gasteiger partial charge >= 0.3 is 0 Å². The number of aliphatic hydroxyl groups is 1. The number of imide groups is 1. The SMILES string of the molecule is CC1=C(C(=O)Nc2cccc([N+](=O)[O-])c2)C(c2ccc(OCC(O)CN3C(=O)CCC3=O)cc2)C(C(=O)Nc2cccc([N+](=O)[O-])c2)=C(C)N1. The Morgan fingerprint density at radius 3 is 1.80 bits per heavy atom. The van der Waals surface area contributed by atoms with E-state index in [2.05, 4.69) is 16.0 Å². The monoisotopic (exact) mass is 684 g/mol. The smallest absolute Gasteiger partial charge is 0.271 e. The van der Waals surface area contributed by atoms with Crippen molar-refractivity contribution >= 4 is 46.4 Å². The summed E-state index contributed by atoms with van der Waals surface area (Å²) in [7, 11) is 0. The number of carbonyl (C=O) groups is 4. The molecule has 5 rings (SSSR count). The van der Waals surface area contributed by atoms with Crippen LogP contribution < -0.4 is 20.7 Å². The third kappa shape index (κ3) is 7.82. The Bertz CT molecular complexity index is 1850. The molecule has 1 atom stereocenters. The van der Waals surface area contributed by atoms with Crippen LogP contribution >= 0.6 is 0 Å². The average Bonchev–Trinajstić information content (AvgIpc) is 3.39. The number of likely N-dealkylation sites (tertiary alicyclic amines) is 1. The van der Waals surface area contributed by atoms with E-state index in [1.54, 1.807) is 38.1 Å². The van der Waals surface area contributed by atoms with Gasteiger partial charge in [0.05, 0.1) is 16.4 Å². The lowest BCUT2D eigenvalue weighted by atomic mass is 9.79. The summed E-state index contributed by atoms with van der Waals surface area (Å²) in [5.74, 6) is -2.70. The van der Waals surface area contributed by atoms with E-state index in [1.165, 1.54) is 48.5 Å². The molecule has 1 fully saturated rings. The van der Waals surface area contributed by atoms with Crippen LogP contribution in [0, 0.1) is 20.2 Å². The number of anilines is 2. The fraction of sp³-hybridized carbons (Fsp3) is 0.235. The molecular weight excluding hydrogens is 652 g/mol. The van der Waals surface area contributed by atoms with Crippen molar-refractivity contribution in [2.24, 2.45) is 0 Å². The number of ether oxygens (including phenoxy) is 1. The van der Waals surface area contributed by atoms with Gasteiger partial charge in [-0.15, -0.1) is 0 Å². The van der Waals surface area contributed by atoms with Crippen molar-refractivity contribution in [3.8, 4) is 5.75 Å². The summed E-state index contributed by atoms with van der Waals surface area (Å²) >= 11 is 0. The van der Waals surface area contributed by atoms with Gasteiger partial charge in [0.2, 0.25) is 11.8 Å². The van der Waals surface area contributed by atoms with Gasteiger partial charge in [-0.3, -0.25) is 44.3 Å². The summed E-state index contributed by atoms with van der Waals surface area (Å²) in [4.78, 5) is 74.1. The Labute approximate surface area is 284 Å². The molecule has 2 aliphatic rings. The molecule has 0 radical (unpaired) electrons. The van der Waals surface area contributed by atoms with Crippen LogP contribution in [0.1, 0.15) is 38.2 Å². The van der Waals surface area contributed by atoms with Gasteiger partial charge in [0.1, 0.15) is 18.5 Å². The van der Waals surface area contributed by atoms with Crippen LogP contribution in [0.2, 0.25) is 0 Å². The normalized spacial score (nSPS) is 15.5. The number of aliphatic hydroxyl groups excluding tert-OH is 1. The van der Waals surface area contributed by atoms with Crippen molar-refractivity contribution in [2.45, 2.75) is 38.7 Å². The number of β-amino-alcohol motifs (C(OH)–C–C–N with tert-alkyl or cyclic N) is 1. The number of allylic oxidation sites excluding steroid dienone is 2. The number of carbonyl (C=O) groups excluding carboxylic acids is 4. The first-order chi connectivity index (χ1) is 23.8. The molecule has 3 aromatic rings. The zero-order valence-electron chi connectivity index (χ0n) is 26.9. The molecular formula is C34H32N6O10. The molecule has 16 nitrogen and oxygen atoms in total. The van der Waals surface area contributed by atoms with Crippen LogP contribution in [-0.4, -0.2) is 62.7 Å². The first kappa shape index (κ1) is 34.9. The Morgan fingerprint density at radius 1 is 0.860 bits per heavy atom. The first-order valence-corrected chi connectivity index (χ1v) is 15.4. The van der Waals surface area contributed by atoms with Crippen LogP contribution in [0.15, 0.2) is 95.3 Å². The Hall–Kier alpha value is -6.42. The van der Waals surface area contributed by atoms with Crippen molar-refractivity contribution in [3.05, 3.63) is 121 Å². The number of benzene rings is 3. The lowest BCUT2D eigenvalue weighted by Crippen LogP contribution is -2.38. The second-order valence-corrected chi connectivity index (χ2v) is 11.6. The van der Waals surface area contributed by atoms with Gasteiger partial charge in [-0.25, -0.2) is 0 Å². The largest absolute Gasteiger partial charge is 0.491 e. The van der Waals surface area contributed by atoms with Crippen LogP contribution in [0.25, 0.3) is 0 Å². The Morgan fingerprint density at radius 2 is 1.34 bits per heavy atom. The van der Waals surface area contributed by atoms with E-state index in [9.17, 15) is 44.5 Å². The maximum Gasteiger partial charge on any atom is 0.271 e. The maximum atomic E-state index is 13.9. The third-order valence-electron chi connectivity index (χ3n) is 8.08. The van der Waals surface area contributed by atoms with Crippen LogP contribution in [0.3, 0.4) is 0 Å². The number of nitro groups is 2. The van der Waals surface area contributed by atoms with Gasteiger partial charge in [0.25, 0.3) is 23.2 Å². The molecule has 0 aromatic heterocycles. The highest BCUT2D eigenvalue weighted by molar-refractivity contribution is 6.12. The standard InChI is InChI=1S/C34H32N6O10/c1-19-30(33(44)36-22-5-3-7-24(15-22)39(46)47)32(31(20(2)35-19)34(45)37-23-6-4-8-25(16-23)40(48)49)21-9-11-27(12-10-21)50-18-26(41)17-38-28(42)13-14-29(38)43/h3-12,15-16,26,32,35,41H,13-14,17-18H2,1-2H3,(H,36,44)(H,37,45). The van der Waals surface area contributed by atoms with Crippen LogP contribution in [0.5, 0.6) is 5.75 Å². The van der Waals surface area contributed by atoms with E-state index in [0.29, 0.717) is 22.7 Å². The highest BCUT2D eigenvalue weighted by atomic mass is 16.6. The van der Waals surface area contributed by atoms with Crippen LogP contribution in [0.4, 0.5) is 22.7 Å². The predicted molar refractivity (Wildman–Crippen MR) is 179 cm³/mol. The van der Waals surface area contributed by atoms with E-state index >= 15 is 0 Å². The first-order valence-electron chi connectivity index (χ1n) is 15.4. The maximum absolute atomic E-state index is 13.9. The molecule has 3 aromatic carbocycles. The predicted octanol–water partition coefficient (Wildman–Crippen LogP) is 3.90. The second-order valence-electron chi connectivity index (χ2n) is 11.6. The molecule has 0 saturated carbocycles. The third-order valence-corrected chi connectivity index (χ3v) is 8.08. The van der Waals surface area contributed by atoms with Gasteiger partial charge in [0.15, 0.2) is 0 Å². The molecule has 2 heterocycles. The van der Waals surface area contributed by atoms with E-state index in [0.717, 1.165) is 4.90 Å². The van der Waals surface area contributed by atoms with Crippen molar-refractivity contribution in [2.75, 3.05) is 23.8 Å². The number of rotatable bonds is 12. The fourth-order valence-electron chi connectivity index (χ4n) is 5.76. The van der Waals surface area contributed by atoms with E-state index in [-0.39, 0.29) is 71.7 Å².